The molecule has 0 unspecified atom stereocenters. The van der Waals surface area contributed by atoms with Crippen LogP contribution in [0.4, 0.5) is 0 Å². The molecule has 3 heterocycles. The minimum absolute atomic E-state index is 0.0567. The van der Waals surface area contributed by atoms with Crippen LogP contribution in [0.5, 0.6) is 0 Å². The Hall–Kier alpha value is -3.89. The zero-order chi connectivity index (χ0) is 26.5. The lowest BCUT2D eigenvalue weighted by Gasteiger charge is -2.49. The fourth-order valence-electron chi connectivity index (χ4n) is 4.46. The first-order valence-electron chi connectivity index (χ1n) is 11.9. The van der Waals surface area contributed by atoms with E-state index in [1.807, 2.05) is 78.2 Å². The average molecular weight is 549 g/mol. The summed E-state index contributed by atoms with van der Waals surface area (Å²) in [7, 11) is 0. The third-order valence-electron chi connectivity index (χ3n) is 6.23. The minimum Gasteiger partial charge on any atom is -0.463 e. The topological polar surface area (TPSA) is 102 Å². The summed E-state index contributed by atoms with van der Waals surface area (Å²) >= 11 is 2.87. The fraction of sp³-hybridized carbons (Fsp3) is 0.214. The Bertz CT molecular complexity index is 1300. The largest absolute Gasteiger partial charge is 0.463 e. The molecule has 2 aliphatic heterocycles. The molecule has 5 rings (SSSR count). The van der Waals surface area contributed by atoms with Gasteiger partial charge in [-0.1, -0.05) is 66.7 Å². The summed E-state index contributed by atoms with van der Waals surface area (Å²) in [5.74, 6) is -1.03. The first kappa shape index (κ1) is 25.7. The van der Waals surface area contributed by atoms with Crippen LogP contribution in [0.3, 0.4) is 0 Å². The Morgan fingerprint density at radius 3 is 2.32 bits per heavy atom. The molecule has 0 radical (unpaired) electrons. The third-order valence-corrected chi connectivity index (χ3v) is 8.44. The van der Waals surface area contributed by atoms with Gasteiger partial charge in [-0.15, -0.1) is 23.1 Å². The van der Waals surface area contributed by atoms with Gasteiger partial charge >= 0.3 is 5.97 Å². The van der Waals surface area contributed by atoms with E-state index in [0.717, 1.165) is 16.0 Å². The smallest absolute Gasteiger partial charge is 0.356 e. The van der Waals surface area contributed by atoms with Gasteiger partial charge in [-0.2, -0.15) is 0 Å². The molecule has 0 aliphatic carbocycles. The van der Waals surface area contributed by atoms with Crippen LogP contribution in [0, 0.1) is 0 Å². The Balaban J connectivity index is 1.39. The molecule has 38 heavy (non-hydrogen) atoms. The molecule has 1 fully saturated rings. The Morgan fingerprint density at radius 1 is 1.03 bits per heavy atom. The number of rotatable bonds is 10. The Labute approximate surface area is 227 Å². The van der Waals surface area contributed by atoms with E-state index in [2.05, 4.69) is 5.32 Å². The number of amides is 2. The predicted molar refractivity (Wildman–Crippen MR) is 143 cm³/mol. The SMILES string of the molecule is O=COCC1=C(C(=O)OC(c2ccccc2)c2ccccc2)N2C(=O)[C@@H](NC(=O)Cc3cccs3)[C@H]2SC1. The van der Waals surface area contributed by atoms with Crippen molar-refractivity contribution in [2.45, 2.75) is 23.9 Å². The van der Waals surface area contributed by atoms with Crippen LogP contribution in [0.2, 0.25) is 0 Å². The van der Waals surface area contributed by atoms with Crippen molar-refractivity contribution < 1.29 is 28.7 Å². The van der Waals surface area contributed by atoms with Crippen LogP contribution in [0.15, 0.2) is 89.4 Å². The van der Waals surface area contributed by atoms with Crippen LogP contribution in [0.25, 0.3) is 0 Å². The number of carbonyl (C=O) groups excluding carboxylic acids is 4. The molecule has 8 nitrogen and oxygen atoms in total. The predicted octanol–water partition coefficient (Wildman–Crippen LogP) is 3.45. The number of hydrogen-bond acceptors (Lipinski definition) is 8. The molecule has 10 heteroatoms. The normalized spacial score (nSPS) is 18.4. The quantitative estimate of drug-likeness (QED) is 0.235. The molecule has 2 atom stereocenters. The number of hydrogen-bond donors (Lipinski definition) is 1. The molecule has 2 amide bonds. The monoisotopic (exact) mass is 548 g/mol. The van der Waals surface area contributed by atoms with E-state index in [1.54, 1.807) is 0 Å². The third kappa shape index (κ3) is 5.36. The first-order valence-corrected chi connectivity index (χ1v) is 13.8. The number of β-lactam (4-membered cyclic amide) rings is 1. The number of benzene rings is 2. The molecule has 194 valence electrons. The highest BCUT2D eigenvalue weighted by Gasteiger charge is 2.54. The van der Waals surface area contributed by atoms with Crippen molar-refractivity contribution in [1.82, 2.24) is 10.2 Å². The van der Waals surface area contributed by atoms with Gasteiger partial charge in [0.25, 0.3) is 12.4 Å². The molecular weight excluding hydrogens is 524 g/mol. The van der Waals surface area contributed by atoms with Gasteiger partial charge in [0.1, 0.15) is 23.7 Å². The van der Waals surface area contributed by atoms with Crippen molar-refractivity contribution in [1.29, 1.82) is 0 Å². The zero-order valence-corrected chi connectivity index (χ0v) is 21.8. The summed E-state index contributed by atoms with van der Waals surface area (Å²) in [6, 6.07) is 21.6. The average Bonchev–Trinajstić information content (AvgIpc) is 3.46. The van der Waals surface area contributed by atoms with Gasteiger partial charge in [-0.25, -0.2) is 4.79 Å². The number of carbonyl (C=O) groups is 4. The number of nitrogens with one attached hydrogen (secondary N) is 1. The summed E-state index contributed by atoms with van der Waals surface area (Å²) in [5, 5.41) is 4.23. The van der Waals surface area contributed by atoms with Crippen LogP contribution >= 0.6 is 23.1 Å². The first-order chi connectivity index (χ1) is 18.6. The summed E-state index contributed by atoms with van der Waals surface area (Å²) in [6.45, 7) is 0.156. The van der Waals surface area contributed by atoms with E-state index in [4.69, 9.17) is 9.47 Å². The van der Waals surface area contributed by atoms with Gasteiger partial charge in [-0.05, 0) is 22.6 Å². The number of esters is 1. The summed E-state index contributed by atoms with van der Waals surface area (Å²) in [4.78, 5) is 52.7. The van der Waals surface area contributed by atoms with Gasteiger partial charge in [-0.3, -0.25) is 19.3 Å². The molecule has 0 spiro atoms. The van der Waals surface area contributed by atoms with Crippen molar-refractivity contribution in [2.75, 3.05) is 12.4 Å². The molecule has 2 aromatic carbocycles. The second-order valence-corrected chi connectivity index (χ2v) is 10.8. The maximum absolute atomic E-state index is 13.7. The van der Waals surface area contributed by atoms with E-state index >= 15 is 0 Å². The molecule has 0 bridgehead atoms. The molecule has 1 saturated heterocycles. The number of thioether (sulfide) groups is 1. The van der Waals surface area contributed by atoms with Crippen molar-refractivity contribution in [3.8, 4) is 0 Å². The zero-order valence-electron chi connectivity index (χ0n) is 20.1. The van der Waals surface area contributed by atoms with Gasteiger partial charge in [0.05, 0.1) is 6.42 Å². The molecule has 1 N–H and O–H groups in total. The number of nitrogens with zero attached hydrogens (tertiary/aromatic N) is 1. The fourth-order valence-corrected chi connectivity index (χ4v) is 6.49. The second kappa shape index (κ2) is 11.7. The lowest BCUT2D eigenvalue weighted by atomic mass is 10.0. The molecule has 0 saturated carbocycles. The van der Waals surface area contributed by atoms with Crippen molar-refractivity contribution in [3.05, 3.63) is 105 Å². The second-order valence-electron chi connectivity index (χ2n) is 8.68. The van der Waals surface area contributed by atoms with E-state index in [-0.39, 0.29) is 24.6 Å². The molecular formula is C28H24N2O6S2. The van der Waals surface area contributed by atoms with Crippen molar-refractivity contribution >= 4 is 47.4 Å². The maximum atomic E-state index is 13.7. The highest BCUT2D eigenvalue weighted by atomic mass is 32.2. The highest BCUT2D eigenvalue weighted by molar-refractivity contribution is 8.00. The van der Waals surface area contributed by atoms with Crippen LogP contribution in [-0.2, 0) is 35.1 Å². The van der Waals surface area contributed by atoms with Crippen molar-refractivity contribution in [2.24, 2.45) is 0 Å². The van der Waals surface area contributed by atoms with Gasteiger partial charge in [0, 0.05) is 16.2 Å². The van der Waals surface area contributed by atoms with Gasteiger partial charge in [0.15, 0.2) is 6.10 Å². The standard InChI is InChI=1S/C28H24N2O6S2/c31-17-35-15-20-16-38-27-23(29-22(32)14-21-12-7-13-37-21)26(33)30(27)24(20)28(34)36-25(18-8-3-1-4-9-18)19-10-5-2-6-11-19/h1-13,17,23,25,27H,14-16H2,(H,29,32)/t23-,27-/m1/s1. The lowest BCUT2D eigenvalue weighted by Crippen LogP contribution is -2.70. The van der Waals surface area contributed by atoms with Gasteiger partial charge < -0.3 is 14.8 Å². The summed E-state index contributed by atoms with van der Waals surface area (Å²) < 4.78 is 11.0. The summed E-state index contributed by atoms with van der Waals surface area (Å²) in [5.41, 5.74) is 2.07. The molecule has 2 aliphatic rings. The van der Waals surface area contributed by atoms with E-state index in [0.29, 0.717) is 17.8 Å². The van der Waals surface area contributed by atoms with E-state index in [1.165, 1.54) is 28.0 Å². The van der Waals surface area contributed by atoms with Crippen molar-refractivity contribution in [3.63, 3.8) is 0 Å². The highest BCUT2D eigenvalue weighted by Crippen LogP contribution is 2.41. The van der Waals surface area contributed by atoms with Crippen LogP contribution in [0.1, 0.15) is 22.1 Å². The molecule has 1 aromatic heterocycles. The molecule has 3 aromatic rings. The summed E-state index contributed by atoms with van der Waals surface area (Å²) in [6.07, 6.45) is -0.533. The van der Waals surface area contributed by atoms with E-state index in [9.17, 15) is 19.2 Å². The van der Waals surface area contributed by atoms with Crippen LogP contribution < -0.4 is 5.32 Å². The lowest BCUT2D eigenvalue weighted by molar-refractivity contribution is -0.154. The van der Waals surface area contributed by atoms with E-state index < -0.39 is 29.4 Å². The maximum Gasteiger partial charge on any atom is 0.356 e. The Morgan fingerprint density at radius 2 is 1.71 bits per heavy atom. The number of thiophene rings is 1. The minimum atomic E-state index is -0.761. The number of fused-ring (bicyclic) bond motifs is 1. The Kier molecular flexibility index (Phi) is 7.90. The van der Waals surface area contributed by atoms with Crippen LogP contribution in [-0.4, -0.2) is 52.9 Å². The number of ether oxygens (including phenoxy) is 2. The van der Waals surface area contributed by atoms with Gasteiger partial charge in [0.2, 0.25) is 5.91 Å².